The Labute approximate surface area is 115 Å². The summed E-state index contributed by atoms with van der Waals surface area (Å²) in [4.78, 5) is 0. The van der Waals surface area contributed by atoms with Gasteiger partial charge in [-0.1, -0.05) is 24.3 Å². The Morgan fingerprint density at radius 3 is 2.67 bits per heavy atom. The third-order valence-corrected chi connectivity index (χ3v) is 2.71. The second kappa shape index (κ2) is 6.26. The molecule has 0 radical (unpaired) electrons. The highest BCUT2D eigenvalue weighted by molar-refractivity contribution is 6.30. The molecule has 1 aromatic carbocycles. The molecule has 100 valence electrons. The SMILES string of the molecule is C=CC(C)Oc1ccc(Cl)cc1CNC(C)(C)C. The van der Waals surface area contributed by atoms with E-state index in [-0.39, 0.29) is 11.6 Å². The molecule has 1 rings (SSSR count). The van der Waals surface area contributed by atoms with Gasteiger partial charge in [0.1, 0.15) is 11.9 Å². The second-order valence-electron chi connectivity index (χ2n) is 5.41. The molecule has 1 N–H and O–H groups in total. The van der Waals surface area contributed by atoms with Crippen LogP contribution in [0.2, 0.25) is 5.02 Å². The maximum absolute atomic E-state index is 6.03. The molecule has 0 saturated heterocycles. The third kappa shape index (κ3) is 5.11. The van der Waals surface area contributed by atoms with Gasteiger partial charge in [0, 0.05) is 22.7 Å². The Balaban J connectivity index is 2.86. The standard InChI is InChI=1S/C15H22ClNO/c1-6-11(2)18-14-8-7-13(16)9-12(14)10-17-15(3,4)5/h6-9,11,17H,1,10H2,2-5H3. The normalized spacial score (nSPS) is 13.2. The van der Waals surface area contributed by atoms with Gasteiger partial charge in [-0.3, -0.25) is 0 Å². The van der Waals surface area contributed by atoms with Crippen LogP contribution in [0.5, 0.6) is 5.75 Å². The molecule has 0 aliphatic rings. The summed E-state index contributed by atoms with van der Waals surface area (Å²) in [6.07, 6.45) is 1.76. The Morgan fingerprint density at radius 1 is 1.44 bits per heavy atom. The summed E-state index contributed by atoms with van der Waals surface area (Å²) in [5.74, 6) is 0.851. The number of benzene rings is 1. The minimum absolute atomic E-state index is 0.0143. The predicted molar refractivity (Wildman–Crippen MR) is 78.3 cm³/mol. The van der Waals surface area contributed by atoms with Crippen LogP contribution in [-0.2, 0) is 6.54 Å². The smallest absolute Gasteiger partial charge is 0.124 e. The quantitative estimate of drug-likeness (QED) is 0.808. The summed E-state index contributed by atoms with van der Waals surface area (Å²) >= 11 is 6.03. The zero-order valence-electron chi connectivity index (χ0n) is 11.6. The molecule has 0 heterocycles. The van der Waals surface area contributed by atoms with Crippen molar-refractivity contribution in [2.75, 3.05) is 0 Å². The van der Waals surface area contributed by atoms with E-state index >= 15 is 0 Å². The van der Waals surface area contributed by atoms with Gasteiger partial charge in [-0.2, -0.15) is 0 Å². The average Bonchev–Trinajstić information content (AvgIpc) is 2.28. The van der Waals surface area contributed by atoms with Crippen LogP contribution in [0.4, 0.5) is 0 Å². The number of halogens is 1. The second-order valence-corrected chi connectivity index (χ2v) is 5.85. The van der Waals surface area contributed by atoms with Crippen molar-refractivity contribution in [1.82, 2.24) is 5.32 Å². The van der Waals surface area contributed by atoms with Crippen LogP contribution in [0.1, 0.15) is 33.3 Å². The van der Waals surface area contributed by atoms with Crippen LogP contribution >= 0.6 is 11.6 Å². The van der Waals surface area contributed by atoms with Crippen molar-refractivity contribution in [2.24, 2.45) is 0 Å². The first kappa shape index (κ1) is 15.1. The lowest BCUT2D eigenvalue weighted by molar-refractivity contribution is 0.265. The third-order valence-electron chi connectivity index (χ3n) is 2.48. The minimum atomic E-state index is -0.0143. The molecule has 0 amide bonds. The largest absolute Gasteiger partial charge is 0.486 e. The maximum atomic E-state index is 6.03. The average molecular weight is 268 g/mol. The van der Waals surface area contributed by atoms with Crippen LogP contribution in [0.3, 0.4) is 0 Å². The van der Waals surface area contributed by atoms with E-state index in [1.807, 2.05) is 25.1 Å². The van der Waals surface area contributed by atoms with Crippen LogP contribution in [0.25, 0.3) is 0 Å². The van der Waals surface area contributed by atoms with Crippen molar-refractivity contribution >= 4 is 11.6 Å². The van der Waals surface area contributed by atoms with Crippen molar-refractivity contribution in [2.45, 2.75) is 45.9 Å². The Morgan fingerprint density at radius 2 is 2.11 bits per heavy atom. The fourth-order valence-corrected chi connectivity index (χ4v) is 1.60. The van der Waals surface area contributed by atoms with Crippen LogP contribution in [-0.4, -0.2) is 11.6 Å². The summed E-state index contributed by atoms with van der Waals surface area (Å²) in [7, 11) is 0. The van der Waals surface area contributed by atoms with Gasteiger partial charge in [-0.05, 0) is 45.9 Å². The first-order valence-corrected chi connectivity index (χ1v) is 6.52. The maximum Gasteiger partial charge on any atom is 0.124 e. The molecule has 2 nitrogen and oxygen atoms in total. The molecular weight excluding hydrogens is 246 g/mol. The summed E-state index contributed by atoms with van der Waals surface area (Å²) in [5, 5.41) is 4.15. The molecule has 0 saturated carbocycles. The van der Waals surface area contributed by atoms with E-state index in [2.05, 4.69) is 32.7 Å². The van der Waals surface area contributed by atoms with Gasteiger partial charge in [0.25, 0.3) is 0 Å². The van der Waals surface area contributed by atoms with Gasteiger partial charge in [0.05, 0.1) is 0 Å². The van der Waals surface area contributed by atoms with Gasteiger partial charge < -0.3 is 10.1 Å². The molecule has 1 unspecified atom stereocenters. The Kier molecular flexibility index (Phi) is 5.24. The van der Waals surface area contributed by atoms with Gasteiger partial charge in [0.2, 0.25) is 0 Å². The topological polar surface area (TPSA) is 21.3 Å². The van der Waals surface area contributed by atoms with Gasteiger partial charge in [0.15, 0.2) is 0 Å². The van der Waals surface area contributed by atoms with Crippen molar-refractivity contribution in [3.05, 3.63) is 41.4 Å². The molecule has 1 atom stereocenters. The van der Waals surface area contributed by atoms with Crippen LogP contribution < -0.4 is 10.1 Å². The van der Waals surface area contributed by atoms with E-state index < -0.39 is 0 Å². The zero-order valence-corrected chi connectivity index (χ0v) is 12.3. The zero-order chi connectivity index (χ0) is 13.8. The fourth-order valence-electron chi connectivity index (χ4n) is 1.41. The van der Waals surface area contributed by atoms with Gasteiger partial charge in [-0.25, -0.2) is 0 Å². The molecule has 0 aromatic heterocycles. The van der Waals surface area contributed by atoms with Crippen molar-refractivity contribution < 1.29 is 4.74 Å². The van der Waals surface area contributed by atoms with E-state index in [4.69, 9.17) is 16.3 Å². The predicted octanol–water partition coefficient (Wildman–Crippen LogP) is 4.18. The van der Waals surface area contributed by atoms with Crippen molar-refractivity contribution in [3.63, 3.8) is 0 Å². The van der Waals surface area contributed by atoms with E-state index in [1.165, 1.54) is 0 Å². The summed E-state index contributed by atoms with van der Waals surface area (Å²) in [6.45, 7) is 12.8. The van der Waals surface area contributed by atoms with Crippen LogP contribution in [0.15, 0.2) is 30.9 Å². The first-order chi connectivity index (χ1) is 8.31. The van der Waals surface area contributed by atoms with Gasteiger partial charge in [-0.15, -0.1) is 0 Å². The van der Waals surface area contributed by atoms with E-state index in [9.17, 15) is 0 Å². The van der Waals surface area contributed by atoms with Crippen molar-refractivity contribution in [1.29, 1.82) is 0 Å². The Hall–Kier alpha value is -0.990. The molecule has 3 heteroatoms. The molecule has 0 aliphatic heterocycles. The van der Waals surface area contributed by atoms with Crippen molar-refractivity contribution in [3.8, 4) is 5.75 Å². The highest BCUT2D eigenvalue weighted by Gasteiger charge is 2.12. The molecule has 1 aromatic rings. The highest BCUT2D eigenvalue weighted by atomic mass is 35.5. The van der Waals surface area contributed by atoms with Crippen LogP contribution in [0, 0.1) is 0 Å². The molecule has 18 heavy (non-hydrogen) atoms. The highest BCUT2D eigenvalue weighted by Crippen LogP contribution is 2.24. The van der Waals surface area contributed by atoms with E-state index in [1.54, 1.807) is 6.08 Å². The number of rotatable bonds is 5. The number of ether oxygens (including phenoxy) is 1. The lowest BCUT2D eigenvalue weighted by Crippen LogP contribution is -2.35. The molecule has 0 aliphatic carbocycles. The summed E-state index contributed by atoms with van der Waals surface area (Å²) in [6, 6.07) is 5.68. The minimum Gasteiger partial charge on any atom is -0.486 e. The van der Waals surface area contributed by atoms with E-state index in [0.29, 0.717) is 0 Å². The van der Waals surface area contributed by atoms with E-state index in [0.717, 1.165) is 22.9 Å². The Bertz CT molecular complexity index is 409. The number of hydrogen-bond donors (Lipinski definition) is 1. The molecular formula is C15H22ClNO. The lowest BCUT2D eigenvalue weighted by atomic mass is 10.1. The molecule has 0 bridgehead atoms. The fraction of sp³-hybridized carbons (Fsp3) is 0.467. The molecule has 0 fully saturated rings. The first-order valence-electron chi connectivity index (χ1n) is 6.14. The molecule has 0 spiro atoms. The summed E-state index contributed by atoms with van der Waals surface area (Å²) < 4.78 is 5.80. The summed E-state index contributed by atoms with van der Waals surface area (Å²) in [5.41, 5.74) is 1.12. The lowest BCUT2D eigenvalue weighted by Gasteiger charge is -2.22. The number of hydrogen-bond acceptors (Lipinski definition) is 2. The monoisotopic (exact) mass is 267 g/mol. The van der Waals surface area contributed by atoms with Gasteiger partial charge >= 0.3 is 0 Å². The number of nitrogens with one attached hydrogen (secondary N) is 1.